The summed E-state index contributed by atoms with van der Waals surface area (Å²) in [5.41, 5.74) is 1.25. The number of benzene rings is 1. The third-order valence-electron chi connectivity index (χ3n) is 3.51. The van der Waals surface area contributed by atoms with Gasteiger partial charge in [-0.05, 0) is 30.7 Å². The number of fused-ring (bicyclic) bond motifs is 1. The molecule has 1 aromatic carbocycles. The highest BCUT2D eigenvalue weighted by Crippen LogP contribution is 2.57. The summed E-state index contributed by atoms with van der Waals surface area (Å²) < 4.78 is 31.2. The summed E-state index contributed by atoms with van der Waals surface area (Å²) in [6, 6.07) is 4.73. The molecule has 1 fully saturated rings. The van der Waals surface area contributed by atoms with Gasteiger partial charge >= 0.3 is 5.97 Å². The van der Waals surface area contributed by atoms with Crippen molar-refractivity contribution < 1.29 is 18.3 Å². The van der Waals surface area contributed by atoms with Crippen LogP contribution in [0, 0.1) is 0 Å². The molecule has 1 unspecified atom stereocenters. The monoisotopic (exact) mass is 311 g/mol. The molecule has 1 heterocycles. The van der Waals surface area contributed by atoms with Gasteiger partial charge in [-0.1, -0.05) is 11.6 Å². The Morgan fingerprint density at radius 1 is 1.48 bits per heavy atom. The maximum Gasteiger partial charge on any atom is 0.339 e. The molecule has 0 radical (unpaired) electrons. The summed E-state index contributed by atoms with van der Waals surface area (Å²) in [5, 5.41) is 0.894. The van der Waals surface area contributed by atoms with Gasteiger partial charge in [-0.25, -0.2) is 13.6 Å². The van der Waals surface area contributed by atoms with Crippen molar-refractivity contribution >= 4 is 28.5 Å². The summed E-state index contributed by atoms with van der Waals surface area (Å²) in [6.45, 7) is 1.98. The van der Waals surface area contributed by atoms with Gasteiger partial charge in [0.2, 0.25) is 0 Å². The zero-order valence-corrected chi connectivity index (χ0v) is 12.0. The van der Waals surface area contributed by atoms with Crippen LogP contribution in [0.4, 0.5) is 8.78 Å². The van der Waals surface area contributed by atoms with Crippen LogP contribution in [0.15, 0.2) is 24.4 Å². The number of hydrogen-bond donors (Lipinski definition) is 0. The van der Waals surface area contributed by atoms with E-state index in [2.05, 4.69) is 4.98 Å². The smallest absolute Gasteiger partial charge is 0.339 e. The average Bonchev–Trinajstić information content (AvgIpc) is 3.06. The molecule has 0 bridgehead atoms. The molecule has 0 amide bonds. The molecule has 110 valence electrons. The summed E-state index contributed by atoms with van der Waals surface area (Å²) >= 11 is 6.08. The second-order valence-electron chi connectivity index (χ2n) is 5.03. The Bertz CT molecular complexity index is 733. The van der Waals surface area contributed by atoms with E-state index in [0.717, 1.165) is 0 Å². The molecule has 3 rings (SSSR count). The lowest BCUT2D eigenvalue weighted by Gasteiger charge is -2.07. The first-order valence-electron chi connectivity index (χ1n) is 6.56. The molecular weight excluding hydrogens is 300 g/mol. The Labute approximate surface area is 124 Å². The number of carbonyl (C=O) groups is 1. The fourth-order valence-corrected chi connectivity index (χ4v) is 2.61. The lowest BCUT2D eigenvalue weighted by Crippen LogP contribution is -2.05. The van der Waals surface area contributed by atoms with Crippen molar-refractivity contribution in [2.24, 2.45) is 0 Å². The molecule has 2 aromatic rings. The maximum absolute atomic E-state index is 13.2. The highest BCUT2D eigenvalue weighted by molar-refractivity contribution is 6.32. The summed E-state index contributed by atoms with van der Waals surface area (Å²) in [5.74, 6) is -3.98. The van der Waals surface area contributed by atoms with Gasteiger partial charge in [0.1, 0.15) is 0 Å². The molecule has 1 atom stereocenters. The van der Waals surface area contributed by atoms with E-state index in [9.17, 15) is 13.6 Å². The van der Waals surface area contributed by atoms with E-state index in [1.54, 1.807) is 25.1 Å². The normalized spacial score (nSPS) is 19.5. The number of hydrogen-bond acceptors (Lipinski definition) is 3. The Morgan fingerprint density at radius 3 is 2.81 bits per heavy atom. The van der Waals surface area contributed by atoms with Gasteiger partial charge in [-0.15, -0.1) is 0 Å². The zero-order chi connectivity index (χ0) is 15.2. The SMILES string of the molecule is CCOC(=O)c1cnc2cc(C3CC3(F)F)c(Cl)cc2c1. The van der Waals surface area contributed by atoms with Gasteiger partial charge in [0, 0.05) is 23.0 Å². The zero-order valence-electron chi connectivity index (χ0n) is 11.2. The predicted octanol–water partition coefficient (Wildman–Crippen LogP) is 4.19. The largest absolute Gasteiger partial charge is 0.462 e. The van der Waals surface area contributed by atoms with E-state index in [1.807, 2.05) is 0 Å². The molecule has 0 N–H and O–H groups in total. The number of pyridine rings is 1. The maximum atomic E-state index is 13.2. The van der Waals surface area contributed by atoms with Gasteiger partial charge < -0.3 is 4.74 Å². The lowest BCUT2D eigenvalue weighted by atomic mass is 10.1. The molecule has 6 heteroatoms. The van der Waals surface area contributed by atoms with E-state index in [0.29, 0.717) is 22.0 Å². The van der Waals surface area contributed by atoms with Crippen molar-refractivity contribution in [1.82, 2.24) is 4.98 Å². The van der Waals surface area contributed by atoms with Crippen LogP contribution in [0.2, 0.25) is 5.02 Å². The highest BCUT2D eigenvalue weighted by atomic mass is 35.5. The minimum absolute atomic E-state index is 0.181. The molecule has 1 aliphatic rings. The summed E-state index contributed by atoms with van der Waals surface area (Å²) in [7, 11) is 0. The van der Waals surface area contributed by atoms with Crippen LogP contribution in [0.25, 0.3) is 10.9 Å². The van der Waals surface area contributed by atoms with Crippen molar-refractivity contribution in [2.75, 3.05) is 6.61 Å². The number of alkyl halides is 2. The Hall–Kier alpha value is -1.75. The molecule has 1 aliphatic carbocycles. The molecular formula is C15H12ClF2NO2. The van der Waals surface area contributed by atoms with Crippen molar-refractivity contribution in [2.45, 2.75) is 25.2 Å². The van der Waals surface area contributed by atoms with Crippen molar-refractivity contribution in [3.8, 4) is 0 Å². The first-order valence-corrected chi connectivity index (χ1v) is 6.94. The third-order valence-corrected chi connectivity index (χ3v) is 3.84. The summed E-state index contributed by atoms with van der Waals surface area (Å²) in [4.78, 5) is 15.8. The van der Waals surface area contributed by atoms with Crippen LogP contribution in [-0.2, 0) is 4.74 Å². The number of nitrogens with zero attached hydrogens (tertiary/aromatic N) is 1. The number of carbonyl (C=O) groups excluding carboxylic acids is 1. The van der Waals surface area contributed by atoms with E-state index in [1.165, 1.54) is 6.20 Å². The predicted molar refractivity (Wildman–Crippen MR) is 75.0 cm³/mol. The van der Waals surface area contributed by atoms with Crippen LogP contribution in [0.1, 0.15) is 35.2 Å². The first kappa shape index (κ1) is 14.2. The fraction of sp³-hybridized carbons (Fsp3) is 0.333. The van der Waals surface area contributed by atoms with Crippen molar-refractivity contribution in [3.05, 3.63) is 40.5 Å². The standard InChI is InChI=1S/C15H12ClF2NO2/c1-2-21-14(20)9-3-8-4-12(16)10(5-13(8)19-7-9)11-6-15(11,17)18/h3-5,7,11H,2,6H2,1H3. The number of halogens is 3. The number of esters is 1. The Kier molecular flexibility index (Phi) is 3.32. The minimum Gasteiger partial charge on any atom is -0.462 e. The summed E-state index contributed by atoms with van der Waals surface area (Å²) in [6.07, 6.45) is 1.20. The van der Waals surface area contributed by atoms with Gasteiger partial charge in [-0.3, -0.25) is 4.98 Å². The van der Waals surface area contributed by atoms with Crippen molar-refractivity contribution in [3.63, 3.8) is 0 Å². The molecule has 1 aromatic heterocycles. The second kappa shape index (κ2) is 4.91. The quantitative estimate of drug-likeness (QED) is 0.798. The number of rotatable bonds is 3. The van der Waals surface area contributed by atoms with Crippen LogP contribution in [0.5, 0.6) is 0 Å². The number of aromatic nitrogens is 1. The topological polar surface area (TPSA) is 39.2 Å². The fourth-order valence-electron chi connectivity index (χ4n) is 2.31. The Balaban J connectivity index is 2.01. The highest BCUT2D eigenvalue weighted by Gasteiger charge is 2.58. The van der Waals surface area contributed by atoms with Gasteiger partial charge in [0.05, 0.1) is 23.6 Å². The van der Waals surface area contributed by atoms with Crippen molar-refractivity contribution in [1.29, 1.82) is 0 Å². The van der Waals surface area contributed by atoms with Crippen LogP contribution in [0.3, 0.4) is 0 Å². The molecule has 0 saturated heterocycles. The van der Waals surface area contributed by atoms with Crippen LogP contribution in [-0.4, -0.2) is 23.5 Å². The molecule has 3 nitrogen and oxygen atoms in total. The minimum atomic E-state index is -2.68. The molecule has 0 aliphatic heterocycles. The average molecular weight is 312 g/mol. The second-order valence-corrected chi connectivity index (χ2v) is 5.44. The van der Waals surface area contributed by atoms with Crippen LogP contribution >= 0.6 is 11.6 Å². The first-order chi connectivity index (χ1) is 9.92. The molecule has 1 saturated carbocycles. The molecule has 0 spiro atoms. The van der Waals surface area contributed by atoms with Gasteiger partial charge in [0.25, 0.3) is 5.92 Å². The number of ether oxygens (including phenoxy) is 1. The van der Waals surface area contributed by atoms with E-state index < -0.39 is 17.8 Å². The van der Waals surface area contributed by atoms with Gasteiger partial charge in [0.15, 0.2) is 0 Å². The van der Waals surface area contributed by atoms with E-state index in [4.69, 9.17) is 16.3 Å². The van der Waals surface area contributed by atoms with Gasteiger partial charge in [-0.2, -0.15) is 0 Å². The lowest BCUT2D eigenvalue weighted by molar-refractivity contribution is 0.0526. The Morgan fingerprint density at radius 2 is 2.19 bits per heavy atom. The molecule has 21 heavy (non-hydrogen) atoms. The third kappa shape index (κ3) is 2.58. The van der Waals surface area contributed by atoms with E-state index in [-0.39, 0.29) is 18.1 Å². The van der Waals surface area contributed by atoms with E-state index >= 15 is 0 Å². The van der Waals surface area contributed by atoms with Crippen LogP contribution < -0.4 is 0 Å².